The molecule has 1 N–H and O–H groups in total. The van der Waals surface area contributed by atoms with Crippen molar-refractivity contribution in [2.24, 2.45) is 4.99 Å². The fraction of sp³-hybridized carbons (Fsp3) is 0.120. The third-order valence-electron chi connectivity index (χ3n) is 4.84. The molecule has 4 rings (SSSR count). The van der Waals surface area contributed by atoms with E-state index in [1.807, 2.05) is 6.92 Å². The van der Waals surface area contributed by atoms with Crippen molar-refractivity contribution in [3.8, 4) is 11.5 Å². The predicted molar refractivity (Wildman–Crippen MR) is 147 cm³/mol. The van der Waals surface area contributed by atoms with Gasteiger partial charge in [0.1, 0.15) is 4.90 Å². The van der Waals surface area contributed by atoms with Crippen LogP contribution >= 0.6 is 39.3 Å². The topological polar surface area (TPSA) is 94.1 Å². The van der Waals surface area contributed by atoms with E-state index in [0.717, 1.165) is 5.56 Å². The second-order valence-corrected chi connectivity index (χ2v) is 11.4. The monoisotopic (exact) mass is 606 g/mol. The summed E-state index contributed by atoms with van der Waals surface area (Å²) in [6.07, 6.45) is 1.66. The minimum atomic E-state index is -4.09. The lowest BCUT2D eigenvalue weighted by atomic mass is 10.2. The smallest absolute Gasteiger partial charge is 0.339 e. The average molecular weight is 608 g/mol. The van der Waals surface area contributed by atoms with Gasteiger partial charge in [0.05, 0.1) is 21.7 Å². The molecule has 1 aliphatic heterocycles. The SMILES string of the molecule is CCOc1cc(/C=C2/SC(=Nc3ccc(Cl)cc3)NC2=O)cc(Br)c1OS(=O)(=O)c1ccc(C)cc1. The molecule has 0 radical (unpaired) electrons. The molecule has 11 heteroatoms. The second kappa shape index (κ2) is 11.1. The summed E-state index contributed by atoms with van der Waals surface area (Å²) >= 11 is 10.5. The van der Waals surface area contributed by atoms with E-state index in [2.05, 4.69) is 26.2 Å². The molecule has 0 bridgehead atoms. The van der Waals surface area contributed by atoms with E-state index >= 15 is 0 Å². The molecule has 0 unspecified atom stereocenters. The third-order valence-corrected chi connectivity index (χ3v) is 7.83. The van der Waals surface area contributed by atoms with Crippen molar-refractivity contribution < 1.29 is 22.1 Å². The van der Waals surface area contributed by atoms with E-state index in [1.165, 1.54) is 23.9 Å². The Hall–Kier alpha value is -2.79. The summed E-state index contributed by atoms with van der Waals surface area (Å²) in [5.41, 5.74) is 2.19. The first-order chi connectivity index (χ1) is 17.1. The number of carbonyl (C=O) groups excluding carboxylic acids is 1. The Morgan fingerprint density at radius 1 is 1.11 bits per heavy atom. The number of aryl methyl sites for hydroxylation is 1. The van der Waals surface area contributed by atoms with E-state index in [0.29, 0.717) is 30.8 Å². The number of amidine groups is 1. The van der Waals surface area contributed by atoms with Crippen molar-refractivity contribution in [3.05, 3.63) is 86.2 Å². The van der Waals surface area contributed by atoms with Crippen molar-refractivity contribution in [3.63, 3.8) is 0 Å². The van der Waals surface area contributed by atoms with Gasteiger partial charge in [-0.1, -0.05) is 29.3 Å². The Kier molecular flexibility index (Phi) is 8.09. The molecule has 0 aliphatic carbocycles. The number of halogens is 2. The lowest BCUT2D eigenvalue weighted by Crippen LogP contribution is -2.19. The maximum Gasteiger partial charge on any atom is 0.339 e. The van der Waals surface area contributed by atoms with Crippen LogP contribution in [0.15, 0.2) is 79.9 Å². The molecule has 36 heavy (non-hydrogen) atoms. The molecule has 1 heterocycles. The molecule has 1 amide bonds. The maximum atomic E-state index is 12.8. The van der Waals surface area contributed by atoms with Crippen molar-refractivity contribution in [2.45, 2.75) is 18.7 Å². The number of ether oxygens (including phenoxy) is 1. The Labute approximate surface area is 226 Å². The molecule has 1 aliphatic rings. The van der Waals surface area contributed by atoms with E-state index in [1.54, 1.807) is 61.5 Å². The van der Waals surface area contributed by atoms with Crippen LogP contribution in [-0.2, 0) is 14.9 Å². The molecule has 3 aromatic rings. The number of thioether (sulfide) groups is 1. The number of hydrogen-bond donors (Lipinski definition) is 1. The van der Waals surface area contributed by atoms with Gasteiger partial charge in [0.15, 0.2) is 16.7 Å². The summed E-state index contributed by atoms with van der Waals surface area (Å²) in [6.45, 7) is 3.92. The van der Waals surface area contributed by atoms with Crippen molar-refractivity contribution in [1.29, 1.82) is 0 Å². The first-order valence-electron chi connectivity index (χ1n) is 10.7. The highest BCUT2D eigenvalue weighted by molar-refractivity contribution is 9.10. The summed E-state index contributed by atoms with van der Waals surface area (Å²) in [4.78, 5) is 17.4. The van der Waals surface area contributed by atoms with Crippen LogP contribution in [-0.4, -0.2) is 26.1 Å². The van der Waals surface area contributed by atoms with E-state index in [9.17, 15) is 13.2 Å². The van der Waals surface area contributed by atoms with Crippen LogP contribution in [0, 0.1) is 6.92 Å². The minimum Gasteiger partial charge on any atom is -0.490 e. The molecule has 1 saturated heterocycles. The zero-order valence-corrected chi connectivity index (χ0v) is 23.1. The van der Waals surface area contributed by atoms with Gasteiger partial charge in [-0.2, -0.15) is 8.42 Å². The van der Waals surface area contributed by atoms with Gasteiger partial charge in [-0.25, -0.2) is 4.99 Å². The zero-order chi connectivity index (χ0) is 25.9. The molecule has 1 fully saturated rings. The Bertz CT molecular complexity index is 1470. The molecule has 0 aromatic heterocycles. The molecule has 7 nitrogen and oxygen atoms in total. The number of hydrogen-bond acceptors (Lipinski definition) is 7. The van der Waals surface area contributed by atoms with Crippen molar-refractivity contribution in [1.82, 2.24) is 5.32 Å². The fourth-order valence-corrected chi connectivity index (χ4v) is 5.72. The van der Waals surface area contributed by atoms with Crippen LogP contribution in [0.3, 0.4) is 0 Å². The van der Waals surface area contributed by atoms with Gasteiger partial charge in [-0.05, 0) is 102 Å². The van der Waals surface area contributed by atoms with Gasteiger partial charge in [0, 0.05) is 5.02 Å². The Balaban J connectivity index is 1.62. The summed E-state index contributed by atoms with van der Waals surface area (Å²) < 4.78 is 37.2. The molecule has 3 aromatic carbocycles. The number of benzene rings is 3. The minimum absolute atomic E-state index is 0.0214. The number of carbonyl (C=O) groups is 1. The van der Waals surface area contributed by atoms with Gasteiger partial charge in [-0.3, -0.25) is 4.79 Å². The molecule has 0 spiro atoms. The quantitative estimate of drug-likeness (QED) is 0.244. The summed E-state index contributed by atoms with van der Waals surface area (Å²) in [5.74, 6) is -0.0648. The van der Waals surface area contributed by atoms with E-state index < -0.39 is 10.1 Å². The van der Waals surface area contributed by atoms with Gasteiger partial charge >= 0.3 is 10.1 Å². The van der Waals surface area contributed by atoms with Gasteiger partial charge < -0.3 is 14.2 Å². The molecular weight excluding hydrogens is 588 g/mol. The lowest BCUT2D eigenvalue weighted by Gasteiger charge is -2.14. The van der Waals surface area contributed by atoms with Crippen molar-refractivity contribution in [2.75, 3.05) is 6.61 Å². The molecule has 0 saturated carbocycles. The third kappa shape index (κ3) is 6.31. The van der Waals surface area contributed by atoms with Gasteiger partial charge in [0.2, 0.25) is 0 Å². The number of nitrogens with zero attached hydrogens (tertiary/aromatic N) is 1. The van der Waals surface area contributed by atoms with Crippen LogP contribution in [0.4, 0.5) is 5.69 Å². The van der Waals surface area contributed by atoms with Crippen LogP contribution in [0.2, 0.25) is 5.02 Å². The number of aliphatic imine (C=N–C) groups is 1. The maximum absolute atomic E-state index is 12.8. The second-order valence-electron chi connectivity index (χ2n) is 7.57. The fourth-order valence-electron chi connectivity index (χ4n) is 3.14. The summed E-state index contributed by atoms with van der Waals surface area (Å²) in [7, 11) is -4.09. The van der Waals surface area contributed by atoms with Crippen LogP contribution in [0.25, 0.3) is 6.08 Å². The Morgan fingerprint density at radius 2 is 1.81 bits per heavy atom. The number of amides is 1. The highest BCUT2D eigenvalue weighted by atomic mass is 79.9. The summed E-state index contributed by atoms with van der Waals surface area (Å²) in [6, 6.07) is 16.5. The largest absolute Gasteiger partial charge is 0.490 e. The first-order valence-corrected chi connectivity index (χ1v) is 14.1. The van der Waals surface area contributed by atoms with Gasteiger partial charge in [0.25, 0.3) is 5.91 Å². The van der Waals surface area contributed by atoms with E-state index in [4.69, 9.17) is 20.5 Å². The molecule has 186 valence electrons. The van der Waals surface area contributed by atoms with Crippen LogP contribution in [0.1, 0.15) is 18.1 Å². The highest BCUT2D eigenvalue weighted by Crippen LogP contribution is 2.40. The highest BCUT2D eigenvalue weighted by Gasteiger charge is 2.25. The van der Waals surface area contributed by atoms with Gasteiger partial charge in [-0.15, -0.1) is 0 Å². The lowest BCUT2D eigenvalue weighted by molar-refractivity contribution is -0.115. The normalized spacial score (nSPS) is 15.8. The molecule has 0 atom stereocenters. The predicted octanol–water partition coefficient (Wildman–Crippen LogP) is 6.47. The molecular formula is C25H20BrClN2O5S2. The summed E-state index contributed by atoms with van der Waals surface area (Å²) in [5, 5.41) is 3.76. The standard InChI is InChI=1S/C25H20BrClN2O5S2/c1-3-33-21-13-16(12-20(26)23(21)34-36(31,32)19-10-4-15(2)5-11-19)14-22-24(30)29-25(35-22)28-18-8-6-17(27)7-9-18/h4-14H,3H2,1-2H3,(H,28,29,30)/b22-14+. The number of rotatable bonds is 7. The van der Waals surface area contributed by atoms with Crippen molar-refractivity contribution >= 4 is 72.2 Å². The van der Waals surface area contributed by atoms with Crippen LogP contribution in [0.5, 0.6) is 11.5 Å². The van der Waals surface area contributed by atoms with Crippen LogP contribution < -0.4 is 14.2 Å². The van der Waals surface area contributed by atoms with E-state index in [-0.39, 0.29) is 28.9 Å². The first kappa shape index (κ1) is 26.3. The Morgan fingerprint density at radius 3 is 2.47 bits per heavy atom. The average Bonchev–Trinajstić information content (AvgIpc) is 3.16. The number of nitrogens with one attached hydrogen (secondary N) is 1. The zero-order valence-electron chi connectivity index (χ0n) is 19.1.